The SMILES string of the molecule is COc1ccc(C2=N[N+]3(C#N)C(=N2)C=Cc2cc(N4C[C@H](C)O[C@@H](C)C4)cc(NCc4ccccc4)c23)cc1. The molecule has 8 heteroatoms. The van der Waals surface area contributed by atoms with Crippen LogP contribution >= 0.6 is 0 Å². The molecule has 3 heterocycles. The van der Waals surface area contributed by atoms with Crippen LogP contribution in [0.25, 0.3) is 6.08 Å². The number of nitriles is 1. The van der Waals surface area contributed by atoms with Gasteiger partial charge in [-0.25, -0.2) is 0 Å². The minimum absolute atomic E-state index is 0.132. The summed E-state index contributed by atoms with van der Waals surface area (Å²) in [5.74, 6) is 1.84. The van der Waals surface area contributed by atoms with Crippen LogP contribution in [0.1, 0.15) is 30.5 Å². The van der Waals surface area contributed by atoms with E-state index in [1.165, 1.54) is 0 Å². The average molecular weight is 520 g/mol. The first-order valence-corrected chi connectivity index (χ1v) is 13.2. The average Bonchev–Trinajstić information content (AvgIpc) is 3.36. The highest BCUT2D eigenvalue weighted by Gasteiger charge is 2.49. The number of benzene rings is 3. The van der Waals surface area contributed by atoms with Crippen molar-refractivity contribution in [2.75, 3.05) is 30.4 Å². The zero-order valence-corrected chi connectivity index (χ0v) is 22.3. The van der Waals surface area contributed by atoms with E-state index in [1.54, 1.807) is 7.11 Å². The topological polar surface area (TPSA) is 82.2 Å². The highest BCUT2D eigenvalue weighted by atomic mass is 16.5. The van der Waals surface area contributed by atoms with Gasteiger partial charge in [-0.1, -0.05) is 30.3 Å². The lowest BCUT2D eigenvalue weighted by atomic mass is 10.0. The first-order valence-electron chi connectivity index (χ1n) is 13.2. The number of rotatable bonds is 6. The molecule has 0 aliphatic carbocycles. The molecule has 3 aromatic carbocycles. The zero-order valence-electron chi connectivity index (χ0n) is 22.3. The Morgan fingerprint density at radius 3 is 2.49 bits per heavy atom. The summed E-state index contributed by atoms with van der Waals surface area (Å²) in [4.78, 5) is 7.16. The van der Waals surface area contributed by atoms with Gasteiger partial charge in [0, 0.05) is 42.5 Å². The highest BCUT2D eigenvalue weighted by Crippen LogP contribution is 2.45. The van der Waals surface area contributed by atoms with E-state index in [0.29, 0.717) is 18.2 Å². The number of hydrogen-bond donors (Lipinski definition) is 1. The summed E-state index contributed by atoms with van der Waals surface area (Å²) in [5, 5.41) is 19.2. The van der Waals surface area contributed by atoms with Gasteiger partial charge >= 0.3 is 6.19 Å². The number of nitrogens with one attached hydrogen (secondary N) is 1. The van der Waals surface area contributed by atoms with Crippen molar-refractivity contribution in [3.63, 3.8) is 0 Å². The molecule has 1 saturated heterocycles. The van der Waals surface area contributed by atoms with Gasteiger partial charge in [-0.2, -0.15) is 4.99 Å². The molecular weight excluding hydrogens is 488 g/mol. The van der Waals surface area contributed by atoms with Crippen LogP contribution in [0.2, 0.25) is 0 Å². The maximum atomic E-state index is 10.7. The van der Waals surface area contributed by atoms with Gasteiger partial charge in [0.05, 0.1) is 19.3 Å². The van der Waals surface area contributed by atoms with Crippen LogP contribution in [0, 0.1) is 11.5 Å². The van der Waals surface area contributed by atoms with E-state index >= 15 is 0 Å². The molecule has 3 atom stereocenters. The van der Waals surface area contributed by atoms with Crippen LogP contribution in [0.5, 0.6) is 5.75 Å². The van der Waals surface area contributed by atoms with Gasteiger partial charge in [0.2, 0.25) is 11.5 Å². The molecule has 1 unspecified atom stereocenters. The second kappa shape index (κ2) is 10.0. The second-order valence-corrected chi connectivity index (χ2v) is 10.1. The summed E-state index contributed by atoms with van der Waals surface area (Å²) in [6.07, 6.45) is 6.69. The smallest absolute Gasteiger partial charge is 0.351 e. The van der Waals surface area contributed by atoms with E-state index in [9.17, 15) is 5.26 Å². The molecule has 3 aliphatic rings. The summed E-state index contributed by atoms with van der Waals surface area (Å²) in [6.45, 7) is 6.43. The Balaban J connectivity index is 1.46. The lowest BCUT2D eigenvalue weighted by Gasteiger charge is -2.37. The van der Waals surface area contributed by atoms with Gasteiger partial charge in [0.25, 0.3) is 5.84 Å². The predicted molar refractivity (Wildman–Crippen MR) is 156 cm³/mol. The molecule has 0 aromatic heterocycles. The Morgan fingerprint density at radius 1 is 1.05 bits per heavy atom. The van der Waals surface area contributed by atoms with Crippen LogP contribution in [0.3, 0.4) is 0 Å². The van der Waals surface area contributed by atoms with Crippen molar-refractivity contribution in [2.24, 2.45) is 10.1 Å². The van der Waals surface area contributed by atoms with Crippen LogP contribution in [-0.4, -0.2) is 44.1 Å². The van der Waals surface area contributed by atoms with Crippen molar-refractivity contribution in [3.8, 4) is 11.9 Å². The summed E-state index contributed by atoms with van der Waals surface area (Å²) < 4.78 is 10.9. The largest absolute Gasteiger partial charge is 0.497 e. The van der Waals surface area contributed by atoms with Gasteiger partial charge in [-0.3, -0.25) is 0 Å². The maximum Gasteiger partial charge on any atom is 0.351 e. The number of nitrogens with zero attached hydrogens (tertiary/aromatic N) is 5. The third-order valence-electron chi connectivity index (χ3n) is 7.26. The van der Waals surface area contributed by atoms with Crippen molar-refractivity contribution in [3.05, 3.63) is 89.5 Å². The van der Waals surface area contributed by atoms with Crippen LogP contribution < -0.4 is 19.5 Å². The Morgan fingerprint density at radius 2 is 1.79 bits per heavy atom. The zero-order chi connectivity index (χ0) is 27.0. The fourth-order valence-electron chi connectivity index (χ4n) is 5.48. The number of fused-ring (bicyclic) bond motifs is 3. The molecule has 6 rings (SSSR count). The van der Waals surface area contributed by atoms with E-state index in [1.807, 2.05) is 54.6 Å². The monoisotopic (exact) mass is 519 g/mol. The molecule has 0 bridgehead atoms. The summed E-state index contributed by atoms with van der Waals surface area (Å²) in [6, 6.07) is 22.1. The number of quaternary nitrogens is 1. The number of amidine groups is 2. The Hall–Kier alpha value is -4.45. The Labute approximate surface area is 228 Å². The number of hydrogen-bond acceptors (Lipinski definition) is 7. The quantitative estimate of drug-likeness (QED) is 0.343. The maximum absolute atomic E-state index is 10.7. The van der Waals surface area contributed by atoms with Crippen LogP contribution in [0.4, 0.5) is 17.1 Å². The normalized spacial score (nSPS) is 23.3. The standard InChI is InChI=1S/C31H31N6O2/c1-21-18-36(19-22(2)39-21)26-15-25-11-14-29-34-31(24-9-12-27(38-3)13-10-24)35-37(29,20-32)30(25)28(16-26)33-17-23-7-5-4-6-8-23/h4-16,21-22,33H,17-19H2,1-3H3/q+1/t21-,22-,37?/m0/s1. The third kappa shape index (κ3) is 4.56. The minimum atomic E-state index is -0.361. The Kier molecular flexibility index (Phi) is 6.39. The van der Waals surface area contributed by atoms with Gasteiger partial charge in [0.15, 0.2) is 0 Å². The van der Waals surface area contributed by atoms with E-state index in [-0.39, 0.29) is 16.8 Å². The number of methoxy groups -OCH3 is 1. The first-order chi connectivity index (χ1) is 19.0. The van der Waals surface area contributed by atoms with Gasteiger partial charge in [-0.05, 0) is 71.6 Å². The fourth-order valence-corrected chi connectivity index (χ4v) is 5.48. The molecule has 0 saturated carbocycles. The lowest BCUT2D eigenvalue weighted by molar-refractivity contribution is -0.00521. The molecular formula is C31H31N6O2+. The molecule has 0 amide bonds. The number of ether oxygens (including phenoxy) is 2. The molecule has 1 fully saturated rings. The van der Waals surface area contributed by atoms with Crippen molar-refractivity contribution < 1.29 is 9.47 Å². The summed E-state index contributed by atoms with van der Waals surface area (Å²) in [7, 11) is 1.64. The van der Waals surface area contributed by atoms with E-state index in [4.69, 9.17) is 19.6 Å². The second-order valence-electron chi connectivity index (χ2n) is 10.1. The molecule has 3 aromatic rings. The van der Waals surface area contributed by atoms with E-state index in [0.717, 1.165) is 52.6 Å². The fraction of sp³-hybridized carbons (Fsp3) is 0.258. The molecule has 196 valence electrons. The lowest BCUT2D eigenvalue weighted by Crippen LogP contribution is -2.46. The molecule has 8 nitrogen and oxygen atoms in total. The van der Waals surface area contributed by atoms with Crippen molar-refractivity contribution in [1.82, 2.24) is 4.59 Å². The van der Waals surface area contributed by atoms with Crippen LogP contribution in [0.15, 0.2) is 82.9 Å². The van der Waals surface area contributed by atoms with Crippen molar-refractivity contribution in [1.29, 1.82) is 5.26 Å². The number of anilines is 2. The minimum Gasteiger partial charge on any atom is -0.497 e. The van der Waals surface area contributed by atoms with E-state index < -0.39 is 0 Å². The first kappa shape index (κ1) is 24.9. The van der Waals surface area contributed by atoms with E-state index in [2.05, 4.69) is 54.5 Å². The van der Waals surface area contributed by atoms with Crippen molar-refractivity contribution in [2.45, 2.75) is 32.6 Å². The summed E-state index contributed by atoms with van der Waals surface area (Å²) >= 11 is 0. The highest BCUT2D eigenvalue weighted by molar-refractivity contribution is 6.21. The van der Waals surface area contributed by atoms with Crippen LogP contribution in [-0.2, 0) is 11.3 Å². The number of morpholine rings is 1. The van der Waals surface area contributed by atoms with Crippen molar-refractivity contribution >= 4 is 34.8 Å². The molecule has 0 spiro atoms. The molecule has 39 heavy (non-hydrogen) atoms. The van der Waals surface area contributed by atoms with Gasteiger partial charge < -0.3 is 19.7 Å². The van der Waals surface area contributed by atoms with Gasteiger partial charge in [-0.15, -0.1) is 5.26 Å². The molecule has 1 N–H and O–H groups in total. The van der Waals surface area contributed by atoms with Gasteiger partial charge in [0.1, 0.15) is 11.4 Å². The predicted octanol–water partition coefficient (Wildman–Crippen LogP) is 5.51. The number of aliphatic imine (C=N–C) groups is 1. The molecule has 0 radical (unpaired) electrons. The molecule has 3 aliphatic heterocycles. The third-order valence-corrected chi connectivity index (χ3v) is 7.26. The Bertz CT molecular complexity index is 1510. The summed E-state index contributed by atoms with van der Waals surface area (Å²) in [5.41, 5.74) is 5.64.